The average Bonchev–Trinajstić information content (AvgIpc) is 3.36. The SMILES string of the molecule is Fc1ccc(CNc2nnc(SCc3noc(-c4ccc(F)cc4)n3)s2)cc1. The quantitative estimate of drug-likeness (QED) is 0.434. The molecule has 0 atom stereocenters. The second-order valence-electron chi connectivity index (χ2n) is 5.66. The third kappa shape index (κ3) is 4.70. The van der Waals surface area contributed by atoms with E-state index in [2.05, 4.69) is 25.7 Å². The van der Waals surface area contributed by atoms with E-state index in [1.54, 1.807) is 24.3 Å². The standard InChI is InChI=1S/C18H13F2N5OS2/c19-13-5-1-11(2-6-13)9-21-17-23-24-18(28-17)27-10-15-22-16(26-25-15)12-3-7-14(20)8-4-12/h1-8H,9-10H2,(H,21,23). The number of nitrogens with zero attached hydrogens (tertiary/aromatic N) is 4. The molecule has 0 saturated heterocycles. The molecule has 10 heteroatoms. The lowest BCUT2D eigenvalue weighted by atomic mass is 10.2. The zero-order valence-corrected chi connectivity index (χ0v) is 15.9. The Hall–Kier alpha value is -2.85. The summed E-state index contributed by atoms with van der Waals surface area (Å²) >= 11 is 2.85. The Morgan fingerprint density at radius 3 is 2.43 bits per heavy atom. The van der Waals surface area contributed by atoms with Gasteiger partial charge in [-0.2, -0.15) is 4.98 Å². The molecule has 0 aliphatic rings. The van der Waals surface area contributed by atoms with E-state index in [0.717, 1.165) is 9.90 Å². The fourth-order valence-electron chi connectivity index (χ4n) is 2.27. The minimum absolute atomic E-state index is 0.262. The van der Waals surface area contributed by atoms with Gasteiger partial charge in [-0.15, -0.1) is 10.2 Å². The highest BCUT2D eigenvalue weighted by Gasteiger charge is 2.11. The first-order chi connectivity index (χ1) is 13.7. The molecule has 0 aliphatic carbocycles. The Bertz CT molecular complexity index is 1050. The van der Waals surface area contributed by atoms with E-state index in [9.17, 15) is 8.78 Å². The minimum atomic E-state index is -0.320. The summed E-state index contributed by atoms with van der Waals surface area (Å²) in [6.45, 7) is 0.533. The normalized spacial score (nSPS) is 10.9. The first-order valence-electron chi connectivity index (χ1n) is 8.19. The van der Waals surface area contributed by atoms with Gasteiger partial charge in [-0.05, 0) is 42.0 Å². The van der Waals surface area contributed by atoms with Crippen LogP contribution < -0.4 is 5.32 Å². The van der Waals surface area contributed by atoms with Crippen LogP contribution in [0.4, 0.5) is 13.9 Å². The van der Waals surface area contributed by atoms with Crippen molar-refractivity contribution in [3.8, 4) is 11.5 Å². The number of anilines is 1. The number of nitrogens with one attached hydrogen (secondary N) is 1. The van der Waals surface area contributed by atoms with E-state index in [0.29, 0.717) is 34.7 Å². The molecule has 1 N–H and O–H groups in total. The molecule has 2 aromatic heterocycles. The highest BCUT2D eigenvalue weighted by molar-refractivity contribution is 8.00. The summed E-state index contributed by atoms with van der Waals surface area (Å²) in [5, 5.41) is 16.0. The van der Waals surface area contributed by atoms with Gasteiger partial charge in [0.15, 0.2) is 10.2 Å². The molecule has 4 rings (SSSR count). The second-order valence-corrected chi connectivity index (χ2v) is 7.86. The number of thioether (sulfide) groups is 1. The van der Waals surface area contributed by atoms with E-state index in [-0.39, 0.29) is 11.6 Å². The van der Waals surface area contributed by atoms with Crippen molar-refractivity contribution in [3.05, 3.63) is 71.6 Å². The summed E-state index contributed by atoms with van der Waals surface area (Å²) in [4.78, 5) is 4.30. The average molecular weight is 417 g/mol. The van der Waals surface area contributed by atoms with Crippen LogP contribution in [0, 0.1) is 11.6 Å². The van der Waals surface area contributed by atoms with Gasteiger partial charge in [0.05, 0.1) is 5.75 Å². The number of hydrogen-bond acceptors (Lipinski definition) is 8. The topological polar surface area (TPSA) is 76.7 Å². The van der Waals surface area contributed by atoms with Gasteiger partial charge in [-0.1, -0.05) is 40.4 Å². The van der Waals surface area contributed by atoms with Crippen LogP contribution in [0.3, 0.4) is 0 Å². The number of benzene rings is 2. The Morgan fingerprint density at radius 1 is 0.964 bits per heavy atom. The predicted octanol–water partition coefficient (Wildman–Crippen LogP) is 4.77. The summed E-state index contributed by atoms with van der Waals surface area (Å²) < 4.78 is 31.9. The maximum Gasteiger partial charge on any atom is 0.257 e. The predicted molar refractivity (Wildman–Crippen MR) is 103 cm³/mol. The van der Waals surface area contributed by atoms with Crippen molar-refractivity contribution in [1.82, 2.24) is 20.3 Å². The maximum absolute atomic E-state index is 13.0. The summed E-state index contributed by atoms with van der Waals surface area (Å²) in [6, 6.07) is 12.1. The number of rotatable bonds is 7. The van der Waals surface area contributed by atoms with E-state index >= 15 is 0 Å². The molecule has 0 amide bonds. The lowest BCUT2D eigenvalue weighted by Gasteiger charge is -2.01. The third-order valence-corrected chi connectivity index (χ3v) is 5.66. The van der Waals surface area contributed by atoms with Gasteiger partial charge < -0.3 is 9.84 Å². The number of aromatic nitrogens is 4. The van der Waals surface area contributed by atoms with Crippen molar-refractivity contribution in [3.63, 3.8) is 0 Å². The molecule has 2 heterocycles. The van der Waals surface area contributed by atoms with Crippen molar-refractivity contribution < 1.29 is 13.3 Å². The van der Waals surface area contributed by atoms with Crippen LogP contribution in [0.5, 0.6) is 0 Å². The van der Waals surface area contributed by atoms with Gasteiger partial charge in [0.2, 0.25) is 5.13 Å². The molecule has 4 aromatic rings. The Labute approximate surface area is 167 Å². The van der Waals surface area contributed by atoms with Crippen LogP contribution >= 0.6 is 23.1 Å². The van der Waals surface area contributed by atoms with Gasteiger partial charge in [-0.25, -0.2) is 8.78 Å². The highest BCUT2D eigenvalue weighted by Crippen LogP contribution is 2.28. The van der Waals surface area contributed by atoms with Crippen LogP contribution in [0.1, 0.15) is 11.4 Å². The van der Waals surface area contributed by atoms with Gasteiger partial charge in [0.1, 0.15) is 11.6 Å². The highest BCUT2D eigenvalue weighted by atomic mass is 32.2. The van der Waals surface area contributed by atoms with Crippen LogP contribution in [0.15, 0.2) is 57.4 Å². The fourth-order valence-corrected chi connectivity index (χ4v) is 3.86. The Balaban J connectivity index is 1.31. The van der Waals surface area contributed by atoms with Crippen molar-refractivity contribution in [2.45, 2.75) is 16.6 Å². The zero-order valence-electron chi connectivity index (χ0n) is 14.3. The van der Waals surface area contributed by atoms with Crippen LogP contribution in [0.2, 0.25) is 0 Å². The first kappa shape index (κ1) is 18.5. The molecule has 142 valence electrons. The van der Waals surface area contributed by atoms with Gasteiger partial charge >= 0.3 is 0 Å². The van der Waals surface area contributed by atoms with Crippen LogP contribution in [-0.4, -0.2) is 20.3 Å². The van der Waals surface area contributed by atoms with Crippen molar-refractivity contribution in [1.29, 1.82) is 0 Å². The van der Waals surface area contributed by atoms with E-state index in [1.807, 2.05) is 0 Å². The minimum Gasteiger partial charge on any atom is -0.356 e. The first-order valence-corrected chi connectivity index (χ1v) is 9.99. The summed E-state index contributed by atoms with van der Waals surface area (Å²) in [5.74, 6) is 0.744. The van der Waals surface area contributed by atoms with Gasteiger partial charge in [0.25, 0.3) is 5.89 Å². The number of halogens is 2. The molecular formula is C18H13F2N5OS2. The Morgan fingerprint density at radius 2 is 1.68 bits per heavy atom. The van der Waals surface area contributed by atoms with E-state index in [4.69, 9.17) is 4.52 Å². The van der Waals surface area contributed by atoms with Crippen molar-refractivity contribution in [2.24, 2.45) is 0 Å². The van der Waals surface area contributed by atoms with Crippen LogP contribution in [0.25, 0.3) is 11.5 Å². The largest absolute Gasteiger partial charge is 0.356 e. The molecular weight excluding hydrogens is 404 g/mol. The van der Waals surface area contributed by atoms with Gasteiger partial charge in [0, 0.05) is 12.1 Å². The fraction of sp³-hybridized carbons (Fsp3) is 0.111. The molecule has 0 unspecified atom stereocenters. The summed E-state index contributed by atoms with van der Waals surface area (Å²) in [5.41, 5.74) is 1.61. The van der Waals surface area contributed by atoms with E-state index in [1.165, 1.54) is 47.4 Å². The third-order valence-electron chi connectivity index (χ3n) is 3.65. The summed E-state index contributed by atoms with van der Waals surface area (Å²) in [6.07, 6.45) is 0. The number of hydrogen-bond donors (Lipinski definition) is 1. The monoisotopic (exact) mass is 417 g/mol. The lowest BCUT2D eigenvalue weighted by Crippen LogP contribution is -1.98. The lowest BCUT2D eigenvalue weighted by molar-refractivity contribution is 0.425. The Kier molecular flexibility index (Phi) is 5.58. The summed E-state index contributed by atoms with van der Waals surface area (Å²) in [7, 11) is 0. The smallest absolute Gasteiger partial charge is 0.257 e. The molecule has 6 nitrogen and oxygen atoms in total. The van der Waals surface area contributed by atoms with Crippen molar-refractivity contribution in [2.75, 3.05) is 5.32 Å². The second kappa shape index (κ2) is 8.44. The van der Waals surface area contributed by atoms with Crippen LogP contribution in [-0.2, 0) is 12.3 Å². The molecule has 2 aromatic carbocycles. The molecule has 0 fully saturated rings. The molecule has 0 saturated carbocycles. The van der Waals surface area contributed by atoms with Crippen molar-refractivity contribution >= 4 is 28.2 Å². The molecule has 0 aliphatic heterocycles. The molecule has 0 spiro atoms. The molecule has 28 heavy (non-hydrogen) atoms. The van der Waals surface area contributed by atoms with E-state index < -0.39 is 0 Å². The zero-order chi connectivity index (χ0) is 19.3. The molecule has 0 bridgehead atoms. The molecule has 0 radical (unpaired) electrons. The van der Waals surface area contributed by atoms with Gasteiger partial charge in [-0.3, -0.25) is 0 Å². The maximum atomic E-state index is 13.0.